The van der Waals surface area contributed by atoms with Crippen LogP contribution in [0.1, 0.15) is 47.7 Å². The van der Waals surface area contributed by atoms with Crippen molar-refractivity contribution in [3.8, 4) is 0 Å². The summed E-state index contributed by atoms with van der Waals surface area (Å²) in [5.74, 6) is 0.200. The van der Waals surface area contributed by atoms with Gasteiger partial charge in [0.2, 0.25) is 5.91 Å². The van der Waals surface area contributed by atoms with Crippen molar-refractivity contribution in [3.63, 3.8) is 0 Å². The van der Waals surface area contributed by atoms with E-state index in [1.165, 1.54) is 16.0 Å². The van der Waals surface area contributed by atoms with Crippen molar-refractivity contribution in [2.24, 2.45) is 0 Å². The quantitative estimate of drug-likeness (QED) is 0.837. The first kappa shape index (κ1) is 18.2. The Kier molecular flexibility index (Phi) is 5.60. The summed E-state index contributed by atoms with van der Waals surface area (Å²) in [6.07, 6.45) is 4.22. The summed E-state index contributed by atoms with van der Waals surface area (Å²) in [6, 6.07) is 13.0. The van der Waals surface area contributed by atoms with Gasteiger partial charge in [-0.2, -0.15) is 0 Å². The van der Waals surface area contributed by atoms with Crippen molar-refractivity contribution < 1.29 is 4.79 Å². The second-order valence-corrected chi connectivity index (χ2v) is 8.31. The van der Waals surface area contributed by atoms with Crippen molar-refractivity contribution in [3.05, 3.63) is 57.8 Å². The fourth-order valence-electron chi connectivity index (χ4n) is 3.86. The smallest absolute Gasteiger partial charge is 0.231 e. The van der Waals surface area contributed by atoms with Gasteiger partial charge in [-0.1, -0.05) is 48.7 Å². The van der Waals surface area contributed by atoms with E-state index in [9.17, 15) is 4.79 Å². The van der Waals surface area contributed by atoms with Gasteiger partial charge in [0.15, 0.2) is 0 Å². The summed E-state index contributed by atoms with van der Waals surface area (Å²) in [5, 5.41) is 5.36. The summed E-state index contributed by atoms with van der Waals surface area (Å²) >= 11 is 1.71. The number of likely N-dealkylation sites (N-methyl/N-ethyl adjacent to an activating group) is 1. The molecule has 1 aliphatic carbocycles. The van der Waals surface area contributed by atoms with Crippen LogP contribution in [-0.4, -0.2) is 31.4 Å². The van der Waals surface area contributed by atoms with Crippen molar-refractivity contribution >= 4 is 17.2 Å². The zero-order chi connectivity index (χ0) is 17.9. The van der Waals surface area contributed by atoms with Gasteiger partial charge in [-0.15, -0.1) is 11.3 Å². The molecule has 0 radical (unpaired) electrons. The second-order valence-electron chi connectivity index (χ2n) is 7.37. The number of amides is 1. The highest BCUT2D eigenvalue weighted by atomic mass is 32.1. The standard InChI is InChI=1S/C21H28N2OS/c1-16-8-10-17(11-9-16)18(23(2)3)15-22-20(24)21(12-4-5-13-21)19-7-6-14-25-19/h6-11,14,18H,4-5,12-13,15H2,1-3H3,(H,22,24). The molecule has 1 fully saturated rings. The number of nitrogens with one attached hydrogen (secondary N) is 1. The first-order valence-electron chi connectivity index (χ1n) is 9.08. The zero-order valence-electron chi connectivity index (χ0n) is 15.4. The molecule has 0 aliphatic heterocycles. The maximum absolute atomic E-state index is 13.2. The van der Waals surface area contributed by atoms with Crippen LogP contribution in [0.15, 0.2) is 41.8 Å². The zero-order valence-corrected chi connectivity index (χ0v) is 16.2. The highest BCUT2D eigenvalue weighted by Crippen LogP contribution is 2.43. The lowest BCUT2D eigenvalue weighted by atomic mass is 9.83. The van der Waals surface area contributed by atoms with Crippen LogP contribution in [0.5, 0.6) is 0 Å². The van der Waals surface area contributed by atoms with Gasteiger partial charge in [0.05, 0.1) is 11.5 Å². The number of benzene rings is 1. The maximum Gasteiger partial charge on any atom is 0.231 e. The molecule has 25 heavy (non-hydrogen) atoms. The molecule has 1 heterocycles. The van der Waals surface area contributed by atoms with E-state index in [0.29, 0.717) is 6.54 Å². The maximum atomic E-state index is 13.2. The number of hydrogen-bond acceptors (Lipinski definition) is 3. The summed E-state index contributed by atoms with van der Waals surface area (Å²) in [7, 11) is 4.14. The summed E-state index contributed by atoms with van der Waals surface area (Å²) in [5.41, 5.74) is 2.19. The van der Waals surface area contributed by atoms with Gasteiger partial charge in [-0.25, -0.2) is 0 Å². The Morgan fingerprint density at radius 3 is 2.44 bits per heavy atom. The normalized spacial score (nSPS) is 17.6. The van der Waals surface area contributed by atoms with Crippen LogP contribution in [0.2, 0.25) is 0 Å². The van der Waals surface area contributed by atoms with Gasteiger partial charge in [0.1, 0.15) is 0 Å². The van der Waals surface area contributed by atoms with E-state index in [-0.39, 0.29) is 17.4 Å². The molecule has 4 heteroatoms. The molecule has 0 spiro atoms. The number of rotatable bonds is 6. The Morgan fingerprint density at radius 1 is 1.20 bits per heavy atom. The predicted molar refractivity (Wildman–Crippen MR) is 105 cm³/mol. The largest absolute Gasteiger partial charge is 0.353 e. The average Bonchev–Trinajstić information content (AvgIpc) is 3.28. The van der Waals surface area contributed by atoms with E-state index in [1.807, 2.05) is 0 Å². The Labute approximate surface area is 155 Å². The predicted octanol–water partition coefficient (Wildman–Crippen LogP) is 4.29. The minimum atomic E-state index is -0.307. The molecule has 3 rings (SSSR count). The number of hydrogen-bond donors (Lipinski definition) is 1. The Morgan fingerprint density at radius 2 is 1.88 bits per heavy atom. The molecule has 1 N–H and O–H groups in total. The lowest BCUT2D eigenvalue weighted by Crippen LogP contribution is -2.45. The fraction of sp³-hybridized carbons (Fsp3) is 0.476. The summed E-state index contributed by atoms with van der Waals surface area (Å²) in [4.78, 5) is 16.6. The van der Waals surface area contributed by atoms with Crippen molar-refractivity contribution in [2.75, 3.05) is 20.6 Å². The number of aryl methyl sites for hydroxylation is 1. The van der Waals surface area contributed by atoms with E-state index >= 15 is 0 Å². The fourth-order valence-corrected chi connectivity index (χ4v) is 4.84. The molecule has 1 atom stereocenters. The monoisotopic (exact) mass is 356 g/mol. The highest BCUT2D eigenvalue weighted by molar-refractivity contribution is 7.10. The SMILES string of the molecule is Cc1ccc(C(CNC(=O)C2(c3cccs3)CCCC2)N(C)C)cc1. The van der Waals surface area contributed by atoms with Crippen LogP contribution in [0.4, 0.5) is 0 Å². The Bertz CT molecular complexity index is 685. The van der Waals surface area contributed by atoms with E-state index in [4.69, 9.17) is 0 Å². The van der Waals surface area contributed by atoms with E-state index in [2.05, 4.69) is 73.0 Å². The molecule has 3 nitrogen and oxygen atoms in total. The lowest BCUT2D eigenvalue weighted by Gasteiger charge is -2.30. The molecule has 1 aromatic carbocycles. The third-order valence-corrected chi connectivity index (χ3v) is 6.50. The van der Waals surface area contributed by atoms with Crippen molar-refractivity contribution in [1.82, 2.24) is 10.2 Å². The molecule has 134 valence electrons. The van der Waals surface area contributed by atoms with Gasteiger partial charge in [0, 0.05) is 11.4 Å². The molecular weight excluding hydrogens is 328 g/mol. The van der Waals surface area contributed by atoms with E-state index < -0.39 is 0 Å². The van der Waals surface area contributed by atoms with Crippen LogP contribution < -0.4 is 5.32 Å². The van der Waals surface area contributed by atoms with E-state index in [1.54, 1.807) is 11.3 Å². The van der Waals surface area contributed by atoms with Gasteiger partial charge < -0.3 is 10.2 Å². The third-order valence-electron chi connectivity index (χ3n) is 5.43. The molecule has 1 aromatic heterocycles. The third kappa shape index (κ3) is 3.80. The first-order chi connectivity index (χ1) is 12.0. The van der Waals surface area contributed by atoms with Crippen LogP contribution >= 0.6 is 11.3 Å². The Hall–Kier alpha value is -1.65. The van der Waals surface area contributed by atoms with Crippen LogP contribution in [0, 0.1) is 6.92 Å². The van der Waals surface area contributed by atoms with Gasteiger partial charge in [0.25, 0.3) is 0 Å². The number of carbonyl (C=O) groups excluding carboxylic acids is 1. The molecule has 0 bridgehead atoms. The van der Waals surface area contributed by atoms with Crippen molar-refractivity contribution in [2.45, 2.75) is 44.1 Å². The summed E-state index contributed by atoms with van der Waals surface area (Å²) < 4.78 is 0. The minimum absolute atomic E-state index is 0.186. The van der Waals surface area contributed by atoms with E-state index in [0.717, 1.165) is 25.7 Å². The summed E-state index contributed by atoms with van der Waals surface area (Å²) in [6.45, 7) is 2.74. The molecular formula is C21H28N2OS. The van der Waals surface area contributed by atoms with Crippen LogP contribution in [-0.2, 0) is 10.2 Å². The Balaban J connectivity index is 1.74. The number of thiophene rings is 1. The van der Waals surface area contributed by atoms with Gasteiger partial charge in [-0.05, 0) is 50.9 Å². The van der Waals surface area contributed by atoms with Crippen LogP contribution in [0.3, 0.4) is 0 Å². The molecule has 1 saturated carbocycles. The highest BCUT2D eigenvalue weighted by Gasteiger charge is 2.43. The molecule has 1 unspecified atom stereocenters. The number of carbonyl (C=O) groups is 1. The second kappa shape index (κ2) is 7.71. The average molecular weight is 357 g/mol. The molecule has 1 aliphatic rings. The number of nitrogens with zero attached hydrogens (tertiary/aromatic N) is 1. The minimum Gasteiger partial charge on any atom is -0.353 e. The van der Waals surface area contributed by atoms with Crippen molar-refractivity contribution in [1.29, 1.82) is 0 Å². The van der Waals surface area contributed by atoms with Crippen LogP contribution in [0.25, 0.3) is 0 Å². The topological polar surface area (TPSA) is 32.3 Å². The molecule has 2 aromatic rings. The molecule has 0 saturated heterocycles. The first-order valence-corrected chi connectivity index (χ1v) is 9.96. The molecule has 1 amide bonds. The van der Waals surface area contributed by atoms with Gasteiger partial charge in [-0.3, -0.25) is 4.79 Å². The lowest BCUT2D eigenvalue weighted by molar-refractivity contribution is -0.126. The van der Waals surface area contributed by atoms with Gasteiger partial charge >= 0.3 is 0 Å².